The highest BCUT2D eigenvalue weighted by atomic mass is 16.5. The van der Waals surface area contributed by atoms with E-state index in [0.29, 0.717) is 17.4 Å². The van der Waals surface area contributed by atoms with Crippen molar-refractivity contribution in [1.82, 2.24) is 15.0 Å². The molecule has 2 heterocycles. The number of likely N-dealkylation sites (tertiary alicyclic amines) is 1. The summed E-state index contributed by atoms with van der Waals surface area (Å²) in [6.45, 7) is 2.99. The first-order chi connectivity index (χ1) is 11.3. The first-order valence-electron chi connectivity index (χ1n) is 8.37. The maximum absolute atomic E-state index is 8.87. The molecule has 1 aromatic carbocycles. The third kappa shape index (κ3) is 3.27. The molecule has 1 aliphatic heterocycles. The Morgan fingerprint density at radius 3 is 2.74 bits per heavy atom. The average Bonchev–Trinajstić information content (AvgIpc) is 3.33. The smallest absolute Gasteiger partial charge is 0.229 e. The van der Waals surface area contributed by atoms with E-state index >= 15 is 0 Å². The monoisotopic (exact) mass is 308 g/mol. The van der Waals surface area contributed by atoms with Crippen molar-refractivity contribution in [2.45, 2.75) is 44.1 Å². The van der Waals surface area contributed by atoms with E-state index in [0.717, 1.165) is 44.2 Å². The van der Waals surface area contributed by atoms with Gasteiger partial charge in [-0.1, -0.05) is 17.3 Å². The molecule has 5 nitrogen and oxygen atoms in total. The zero-order valence-electron chi connectivity index (χ0n) is 13.1. The van der Waals surface area contributed by atoms with Crippen molar-refractivity contribution in [2.75, 3.05) is 13.1 Å². The predicted octanol–water partition coefficient (Wildman–Crippen LogP) is 3.20. The number of aromatic nitrogens is 2. The molecule has 118 valence electrons. The molecule has 1 atom stereocenters. The molecule has 23 heavy (non-hydrogen) atoms. The summed E-state index contributed by atoms with van der Waals surface area (Å²) in [6.07, 6.45) is 4.68. The van der Waals surface area contributed by atoms with Gasteiger partial charge in [-0.25, -0.2) is 0 Å². The van der Waals surface area contributed by atoms with Crippen LogP contribution in [0, 0.1) is 11.3 Å². The second-order valence-corrected chi connectivity index (χ2v) is 6.65. The molecular formula is C18H20N4O. The molecule has 1 aromatic heterocycles. The van der Waals surface area contributed by atoms with Crippen LogP contribution in [0.3, 0.4) is 0 Å². The van der Waals surface area contributed by atoms with E-state index in [2.05, 4.69) is 21.1 Å². The Morgan fingerprint density at radius 1 is 1.17 bits per heavy atom. The fourth-order valence-corrected chi connectivity index (χ4v) is 3.26. The minimum Gasteiger partial charge on any atom is -0.339 e. The number of hydrogen-bond donors (Lipinski definition) is 0. The van der Waals surface area contributed by atoms with Gasteiger partial charge in [0.2, 0.25) is 5.89 Å². The second-order valence-electron chi connectivity index (χ2n) is 6.65. The number of benzene rings is 1. The Hall–Kier alpha value is -2.19. The van der Waals surface area contributed by atoms with Gasteiger partial charge < -0.3 is 4.52 Å². The van der Waals surface area contributed by atoms with E-state index in [9.17, 15) is 0 Å². The Kier molecular flexibility index (Phi) is 3.84. The van der Waals surface area contributed by atoms with E-state index in [1.165, 1.54) is 18.4 Å². The Labute approximate surface area is 135 Å². The number of nitrogens with zero attached hydrogens (tertiary/aromatic N) is 4. The number of hydrogen-bond acceptors (Lipinski definition) is 5. The van der Waals surface area contributed by atoms with Gasteiger partial charge in [-0.05, 0) is 49.9 Å². The van der Waals surface area contributed by atoms with Crippen LogP contribution in [-0.4, -0.2) is 28.1 Å². The van der Waals surface area contributed by atoms with Crippen LogP contribution < -0.4 is 0 Å². The van der Waals surface area contributed by atoms with E-state index < -0.39 is 0 Å². The van der Waals surface area contributed by atoms with E-state index in [1.807, 2.05) is 24.3 Å². The van der Waals surface area contributed by atoms with Crippen LogP contribution in [0.15, 0.2) is 28.8 Å². The van der Waals surface area contributed by atoms with Crippen molar-refractivity contribution in [1.29, 1.82) is 5.26 Å². The first-order valence-corrected chi connectivity index (χ1v) is 8.37. The summed E-state index contributed by atoms with van der Waals surface area (Å²) in [5.41, 5.74) is 1.96. The highest BCUT2D eigenvalue weighted by Crippen LogP contribution is 2.39. The SMILES string of the molecule is N#Cc1ccc(CN2CCC[C@H](c3noc(C4CC4)n3)C2)cc1. The Bertz CT molecular complexity index is 711. The number of rotatable bonds is 4. The average molecular weight is 308 g/mol. The molecule has 0 radical (unpaired) electrons. The van der Waals surface area contributed by atoms with Crippen molar-refractivity contribution in [2.24, 2.45) is 0 Å². The zero-order chi connectivity index (χ0) is 15.6. The molecule has 2 aromatic rings. The molecular weight excluding hydrogens is 288 g/mol. The van der Waals surface area contributed by atoms with Crippen LogP contribution in [-0.2, 0) is 6.54 Å². The first kappa shape index (κ1) is 14.4. The van der Waals surface area contributed by atoms with Crippen molar-refractivity contribution in [3.05, 3.63) is 47.1 Å². The lowest BCUT2D eigenvalue weighted by Crippen LogP contribution is -2.34. The highest BCUT2D eigenvalue weighted by molar-refractivity contribution is 5.31. The summed E-state index contributed by atoms with van der Waals surface area (Å²) in [5, 5.41) is 13.1. The van der Waals surface area contributed by atoms with Crippen LogP contribution in [0.1, 0.15) is 60.4 Å². The molecule has 2 fully saturated rings. The molecule has 5 heteroatoms. The Balaban J connectivity index is 1.40. The van der Waals surface area contributed by atoms with Gasteiger partial charge in [-0.2, -0.15) is 10.2 Å². The predicted molar refractivity (Wildman–Crippen MR) is 84.7 cm³/mol. The van der Waals surface area contributed by atoms with Crippen LogP contribution in [0.25, 0.3) is 0 Å². The molecule has 0 bridgehead atoms. The van der Waals surface area contributed by atoms with E-state index in [-0.39, 0.29) is 0 Å². The summed E-state index contributed by atoms with van der Waals surface area (Å²) in [7, 11) is 0. The maximum Gasteiger partial charge on any atom is 0.229 e. The molecule has 0 N–H and O–H groups in total. The molecule has 1 saturated heterocycles. The van der Waals surface area contributed by atoms with Crippen molar-refractivity contribution in [3.8, 4) is 6.07 Å². The van der Waals surface area contributed by atoms with E-state index in [4.69, 9.17) is 9.78 Å². The third-order valence-corrected chi connectivity index (χ3v) is 4.74. The molecule has 0 spiro atoms. The summed E-state index contributed by atoms with van der Waals surface area (Å²) in [6, 6.07) is 10.0. The van der Waals surface area contributed by atoms with Gasteiger partial charge in [0.1, 0.15) is 0 Å². The third-order valence-electron chi connectivity index (χ3n) is 4.74. The fraction of sp³-hybridized carbons (Fsp3) is 0.500. The van der Waals surface area contributed by atoms with Gasteiger partial charge in [0.25, 0.3) is 0 Å². The number of piperidine rings is 1. The molecule has 0 amide bonds. The van der Waals surface area contributed by atoms with E-state index in [1.54, 1.807) is 0 Å². The van der Waals surface area contributed by atoms with Gasteiger partial charge in [0.05, 0.1) is 11.6 Å². The zero-order valence-corrected chi connectivity index (χ0v) is 13.1. The lowest BCUT2D eigenvalue weighted by atomic mass is 9.97. The van der Waals surface area contributed by atoms with Crippen molar-refractivity contribution < 1.29 is 4.52 Å². The topological polar surface area (TPSA) is 66.0 Å². The minimum absolute atomic E-state index is 0.374. The van der Waals surface area contributed by atoms with Crippen molar-refractivity contribution in [3.63, 3.8) is 0 Å². The molecule has 2 aliphatic rings. The lowest BCUT2D eigenvalue weighted by Gasteiger charge is -2.31. The van der Waals surface area contributed by atoms with Gasteiger partial charge in [-0.15, -0.1) is 0 Å². The van der Waals surface area contributed by atoms with Crippen LogP contribution in [0.5, 0.6) is 0 Å². The molecule has 4 rings (SSSR count). The summed E-state index contributed by atoms with van der Waals surface area (Å²) < 4.78 is 5.41. The maximum atomic E-state index is 8.87. The van der Waals surface area contributed by atoms with Crippen LogP contribution >= 0.6 is 0 Å². The Morgan fingerprint density at radius 2 is 2.00 bits per heavy atom. The molecule has 1 saturated carbocycles. The largest absolute Gasteiger partial charge is 0.339 e. The minimum atomic E-state index is 0.374. The van der Waals surface area contributed by atoms with Crippen molar-refractivity contribution >= 4 is 0 Å². The number of nitriles is 1. The highest BCUT2D eigenvalue weighted by Gasteiger charge is 2.32. The van der Waals surface area contributed by atoms with Gasteiger partial charge in [0.15, 0.2) is 5.82 Å². The quantitative estimate of drug-likeness (QED) is 0.867. The fourth-order valence-electron chi connectivity index (χ4n) is 3.26. The standard InChI is InChI=1S/C18H20N4O/c19-10-13-3-5-14(6-4-13)11-22-9-1-2-16(12-22)17-20-18(23-21-17)15-7-8-15/h3-6,15-16H,1-2,7-9,11-12H2/t16-/m0/s1. The summed E-state index contributed by atoms with van der Waals surface area (Å²) >= 11 is 0. The normalized spacial score (nSPS) is 22.0. The van der Waals surface area contributed by atoms with Gasteiger partial charge >= 0.3 is 0 Å². The summed E-state index contributed by atoms with van der Waals surface area (Å²) in [5.74, 6) is 2.62. The molecule has 1 aliphatic carbocycles. The molecule has 0 unspecified atom stereocenters. The van der Waals surface area contributed by atoms with Gasteiger partial charge in [0, 0.05) is 24.9 Å². The van der Waals surface area contributed by atoms with Crippen LogP contribution in [0.4, 0.5) is 0 Å². The van der Waals surface area contributed by atoms with Crippen LogP contribution in [0.2, 0.25) is 0 Å². The second kappa shape index (κ2) is 6.13. The lowest BCUT2D eigenvalue weighted by molar-refractivity contribution is 0.194. The van der Waals surface area contributed by atoms with Gasteiger partial charge in [-0.3, -0.25) is 4.90 Å². The summed E-state index contributed by atoms with van der Waals surface area (Å²) in [4.78, 5) is 7.07.